The molecule has 1 rings (SSSR count). The maximum Gasteiger partial charge on any atom is 0.226 e. The maximum atomic E-state index is 11.9. The number of carbonyl (C=O) groups excluding carboxylic acids is 1. The molecule has 1 N–H and O–H groups in total. The van der Waals surface area contributed by atoms with Crippen molar-refractivity contribution in [3.8, 4) is 0 Å². The van der Waals surface area contributed by atoms with Gasteiger partial charge in [-0.05, 0) is 19.4 Å². The van der Waals surface area contributed by atoms with Crippen molar-refractivity contribution >= 4 is 5.91 Å². The minimum atomic E-state index is 0.146. The fourth-order valence-corrected chi connectivity index (χ4v) is 1.79. The third kappa shape index (κ3) is 3.29. The Balaban J connectivity index is 2.46. The van der Waals surface area contributed by atoms with Crippen LogP contribution in [0.5, 0.6) is 0 Å². The fourth-order valence-electron chi connectivity index (χ4n) is 1.79. The molecule has 3 nitrogen and oxygen atoms in total. The lowest BCUT2D eigenvalue weighted by molar-refractivity contribution is -0.135. The highest BCUT2D eigenvalue weighted by Gasteiger charge is 2.21. The smallest absolute Gasteiger partial charge is 0.226 e. The summed E-state index contributed by atoms with van der Waals surface area (Å²) in [5.41, 5.74) is 0. The normalized spacial score (nSPS) is 24.6. The summed E-state index contributed by atoms with van der Waals surface area (Å²) in [6.07, 6.45) is 3.38. The summed E-state index contributed by atoms with van der Waals surface area (Å²) in [7, 11) is 0. The van der Waals surface area contributed by atoms with Gasteiger partial charge in [0.15, 0.2) is 0 Å². The first-order valence-corrected chi connectivity index (χ1v) is 5.75. The summed E-state index contributed by atoms with van der Waals surface area (Å²) >= 11 is 0. The van der Waals surface area contributed by atoms with Crippen LogP contribution in [0.2, 0.25) is 0 Å². The van der Waals surface area contributed by atoms with Gasteiger partial charge in [0.2, 0.25) is 5.91 Å². The fraction of sp³-hybridized carbons (Fsp3) is 0.909. The van der Waals surface area contributed by atoms with E-state index in [1.54, 1.807) is 0 Å². The molecule has 0 spiro atoms. The number of rotatable bonds is 3. The summed E-state index contributed by atoms with van der Waals surface area (Å²) in [6, 6.07) is 0. The van der Waals surface area contributed by atoms with Crippen molar-refractivity contribution < 1.29 is 4.79 Å². The van der Waals surface area contributed by atoms with Gasteiger partial charge in [0.05, 0.1) is 0 Å². The number of carbonyl (C=O) groups is 1. The zero-order valence-corrected chi connectivity index (χ0v) is 9.38. The molecule has 0 bridgehead atoms. The van der Waals surface area contributed by atoms with Crippen LogP contribution in [0.4, 0.5) is 0 Å². The first-order valence-electron chi connectivity index (χ1n) is 5.75. The summed E-state index contributed by atoms with van der Waals surface area (Å²) < 4.78 is 0. The van der Waals surface area contributed by atoms with Gasteiger partial charge < -0.3 is 10.2 Å². The van der Waals surface area contributed by atoms with Crippen LogP contribution in [0.15, 0.2) is 0 Å². The van der Waals surface area contributed by atoms with E-state index in [-0.39, 0.29) is 5.92 Å². The Bertz CT molecular complexity index is 180. The summed E-state index contributed by atoms with van der Waals surface area (Å²) in [5.74, 6) is 0.470. The van der Waals surface area contributed by atoms with E-state index in [2.05, 4.69) is 12.2 Å². The van der Waals surface area contributed by atoms with Crippen LogP contribution in [0.1, 0.15) is 33.1 Å². The predicted molar refractivity (Wildman–Crippen MR) is 58.1 cm³/mol. The molecule has 82 valence electrons. The van der Waals surface area contributed by atoms with Gasteiger partial charge in [-0.25, -0.2) is 0 Å². The van der Waals surface area contributed by atoms with E-state index in [0.29, 0.717) is 5.91 Å². The number of hydrogen-bond donors (Lipinski definition) is 1. The highest BCUT2D eigenvalue weighted by molar-refractivity contribution is 5.78. The zero-order valence-electron chi connectivity index (χ0n) is 9.38. The van der Waals surface area contributed by atoms with Crippen molar-refractivity contribution in [2.75, 3.05) is 26.2 Å². The number of nitrogens with one attached hydrogen (secondary N) is 1. The zero-order chi connectivity index (χ0) is 10.4. The average molecular weight is 198 g/mol. The Morgan fingerprint density at radius 1 is 1.57 bits per heavy atom. The van der Waals surface area contributed by atoms with E-state index >= 15 is 0 Å². The average Bonchev–Trinajstić information content (AvgIpc) is 2.19. The van der Waals surface area contributed by atoms with Gasteiger partial charge in [-0.3, -0.25) is 4.79 Å². The van der Waals surface area contributed by atoms with E-state index in [1.165, 1.54) is 0 Å². The van der Waals surface area contributed by atoms with Crippen LogP contribution in [0.3, 0.4) is 0 Å². The van der Waals surface area contributed by atoms with E-state index in [9.17, 15) is 4.79 Å². The van der Waals surface area contributed by atoms with Crippen LogP contribution in [0, 0.1) is 5.92 Å². The van der Waals surface area contributed by atoms with Crippen molar-refractivity contribution in [1.29, 1.82) is 0 Å². The third-order valence-corrected chi connectivity index (χ3v) is 2.75. The number of hydrogen-bond acceptors (Lipinski definition) is 2. The van der Waals surface area contributed by atoms with E-state index in [0.717, 1.165) is 45.4 Å². The summed E-state index contributed by atoms with van der Waals surface area (Å²) in [6.45, 7) is 7.93. The Morgan fingerprint density at radius 3 is 3.07 bits per heavy atom. The molecule has 1 amide bonds. The van der Waals surface area contributed by atoms with Gasteiger partial charge in [0.25, 0.3) is 0 Å². The minimum Gasteiger partial charge on any atom is -0.342 e. The van der Waals surface area contributed by atoms with Crippen molar-refractivity contribution in [3.63, 3.8) is 0 Å². The number of unbranched alkanes of at least 4 members (excludes halogenated alkanes) is 1. The highest BCUT2D eigenvalue weighted by Crippen LogP contribution is 2.07. The Labute approximate surface area is 86.9 Å². The molecular formula is C11H22N2O. The Kier molecular flexibility index (Phi) is 4.94. The molecular weight excluding hydrogens is 176 g/mol. The molecule has 0 aromatic heterocycles. The first-order chi connectivity index (χ1) is 6.75. The van der Waals surface area contributed by atoms with Gasteiger partial charge in [0.1, 0.15) is 0 Å². The Morgan fingerprint density at radius 2 is 2.36 bits per heavy atom. The molecule has 3 heteroatoms. The number of amides is 1. The highest BCUT2D eigenvalue weighted by atomic mass is 16.2. The monoisotopic (exact) mass is 198 g/mol. The van der Waals surface area contributed by atoms with Crippen molar-refractivity contribution in [2.24, 2.45) is 5.92 Å². The second kappa shape index (κ2) is 6.02. The molecule has 0 saturated carbocycles. The molecule has 1 heterocycles. The molecule has 1 aliphatic rings. The standard InChI is InChI=1S/C11H22N2O/c1-3-4-7-13-8-5-6-12-9-10(2)11(13)14/h10,12H,3-9H2,1-2H3. The minimum absolute atomic E-state index is 0.146. The molecule has 0 radical (unpaired) electrons. The third-order valence-electron chi connectivity index (χ3n) is 2.75. The number of nitrogens with zero attached hydrogens (tertiary/aromatic N) is 1. The van der Waals surface area contributed by atoms with Crippen molar-refractivity contribution in [1.82, 2.24) is 10.2 Å². The van der Waals surface area contributed by atoms with Crippen LogP contribution in [0.25, 0.3) is 0 Å². The molecule has 1 unspecified atom stereocenters. The lowest BCUT2D eigenvalue weighted by Crippen LogP contribution is -2.43. The SMILES string of the molecule is CCCCN1CCCNCC(C)C1=O. The van der Waals surface area contributed by atoms with Crippen LogP contribution in [-0.2, 0) is 4.79 Å². The van der Waals surface area contributed by atoms with Gasteiger partial charge >= 0.3 is 0 Å². The van der Waals surface area contributed by atoms with E-state index in [1.807, 2.05) is 11.8 Å². The second-order valence-corrected chi connectivity index (χ2v) is 4.14. The second-order valence-electron chi connectivity index (χ2n) is 4.14. The molecule has 0 aliphatic carbocycles. The molecule has 1 aliphatic heterocycles. The van der Waals surface area contributed by atoms with Gasteiger partial charge in [-0.15, -0.1) is 0 Å². The van der Waals surface area contributed by atoms with Gasteiger partial charge in [-0.2, -0.15) is 0 Å². The van der Waals surface area contributed by atoms with Crippen LogP contribution in [-0.4, -0.2) is 37.0 Å². The van der Waals surface area contributed by atoms with Gasteiger partial charge in [0, 0.05) is 25.6 Å². The molecule has 14 heavy (non-hydrogen) atoms. The first kappa shape index (κ1) is 11.5. The molecule has 0 aromatic rings. The topological polar surface area (TPSA) is 32.3 Å². The van der Waals surface area contributed by atoms with Crippen LogP contribution < -0.4 is 5.32 Å². The van der Waals surface area contributed by atoms with Crippen molar-refractivity contribution in [3.05, 3.63) is 0 Å². The molecule has 1 atom stereocenters. The van der Waals surface area contributed by atoms with E-state index in [4.69, 9.17) is 0 Å². The quantitative estimate of drug-likeness (QED) is 0.740. The summed E-state index contributed by atoms with van der Waals surface area (Å²) in [4.78, 5) is 13.9. The maximum absolute atomic E-state index is 11.9. The summed E-state index contributed by atoms with van der Waals surface area (Å²) in [5, 5.41) is 3.30. The van der Waals surface area contributed by atoms with Crippen molar-refractivity contribution in [2.45, 2.75) is 33.1 Å². The molecule has 1 fully saturated rings. The molecule has 0 aromatic carbocycles. The van der Waals surface area contributed by atoms with Gasteiger partial charge in [-0.1, -0.05) is 20.3 Å². The predicted octanol–water partition coefficient (Wildman–Crippen LogP) is 1.24. The largest absolute Gasteiger partial charge is 0.342 e. The van der Waals surface area contributed by atoms with E-state index < -0.39 is 0 Å². The molecule has 1 saturated heterocycles. The Hall–Kier alpha value is -0.570. The lowest BCUT2D eigenvalue weighted by atomic mass is 10.1. The lowest BCUT2D eigenvalue weighted by Gasteiger charge is -2.28. The van der Waals surface area contributed by atoms with Crippen LogP contribution >= 0.6 is 0 Å².